The highest BCUT2D eigenvalue weighted by Crippen LogP contribution is 2.18. The van der Waals surface area contributed by atoms with Gasteiger partial charge in [-0.05, 0) is 23.3 Å². The number of nitrogens with two attached hydrogens (primary N) is 1. The van der Waals surface area contributed by atoms with E-state index in [9.17, 15) is 0 Å². The van der Waals surface area contributed by atoms with Crippen LogP contribution in [-0.2, 0) is 13.1 Å². The molecule has 0 unspecified atom stereocenters. The standard InChI is InChI=1S/C18H17NO/c1-2-5-16(6-3-1)17-10-8-15(9-11-17)13-19-14-18-7-4-12-20-18/h1-12,19H,13-14H2/p+1. The number of rotatable bonds is 5. The van der Waals surface area contributed by atoms with E-state index in [1.165, 1.54) is 16.7 Å². The predicted octanol–water partition coefficient (Wildman–Crippen LogP) is 3.21. The van der Waals surface area contributed by atoms with Crippen LogP contribution in [0.1, 0.15) is 11.3 Å². The molecule has 0 saturated carbocycles. The van der Waals surface area contributed by atoms with E-state index in [2.05, 4.69) is 53.8 Å². The SMILES string of the molecule is c1ccc(-c2ccc(C[NH2+]Cc3ccco3)cc2)cc1. The van der Waals surface area contributed by atoms with E-state index in [0.29, 0.717) is 0 Å². The molecule has 1 heterocycles. The van der Waals surface area contributed by atoms with Crippen molar-refractivity contribution in [1.82, 2.24) is 0 Å². The highest BCUT2D eigenvalue weighted by atomic mass is 16.3. The third-order valence-electron chi connectivity index (χ3n) is 3.37. The van der Waals surface area contributed by atoms with Gasteiger partial charge in [0.1, 0.15) is 13.1 Å². The molecule has 0 radical (unpaired) electrons. The summed E-state index contributed by atoms with van der Waals surface area (Å²) in [6.45, 7) is 1.85. The monoisotopic (exact) mass is 264 g/mol. The summed E-state index contributed by atoms with van der Waals surface area (Å²) in [6, 6.07) is 23.2. The van der Waals surface area contributed by atoms with Gasteiger partial charge in [-0.25, -0.2) is 0 Å². The Labute approximate surface area is 119 Å². The maximum Gasteiger partial charge on any atom is 0.157 e. The van der Waals surface area contributed by atoms with Crippen LogP contribution in [0.2, 0.25) is 0 Å². The van der Waals surface area contributed by atoms with Crippen LogP contribution in [0.15, 0.2) is 77.4 Å². The molecule has 0 aliphatic heterocycles. The molecule has 0 amide bonds. The molecule has 0 aliphatic rings. The maximum absolute atomic E-state index is 5.32. The first kappa shape index (κ1) is 12.7. The second kappa shape index (κ2) is 6.22. The van der Waals surface area contributed by atoms with Gasteiger partial charge in [-0.2, -0.15) is 0 Å². The van der Waals surface area contributed by atoms with Crippen LogP contribution in [0.25, 0.3) is 11.1 Å². The van der Waals surface area contributed by atoms with E-state index in [1.54, 1.807) is 6.26 Å². The molecule has 20 heavy (non-hydrogen) atoms. The van der Waals surface area contributed by atoms with Crippen LogP contribution in [0, 0.1) is 0 Å². The summed E-state index contributed by atoms with van der Waals surface area (Å²) >= 11 is 0. The van der Waals surface area contributed by atoms with Gasteiger partial charge in [0.05, 0.1) is 6.26 Å². The first-order chi connectivity index (χ1) is 9.92. The summed E-state index contributed by atoms with van der Waals surface area (Å²) in [5.41, 5.74) is 3.86. The van der Waals surface area contributed by atoms with E-state index in [0.717, 1.165) is 18.8 Å². The van der Waals surface area contributed by atoms with Crippen LogP contribution in [-0.4, -0.2) is 0 Å². The molecule has 0 saturated heterocycles. The molecular formula is C18H18NO+. The Kier molecular flexibility index (Phi) is 3.95. The summed E-state index contributed by atoms with van der Waals surface area (Å²) < 4.78 is 5.32. The van der Waals surface area contributed by atoms with Gasteiger partial charge < -0.3 is 9.73 Å². The second-order valence-corrected chi connectivity index (χ2v) is 4.84. The second-order valence-electron chi connectivity index (χ2n) is 4.84. The lowest BCUT2D eigenvalue weighted by atomic mass is 10.0. The molecule has 2 nitrogen and oxygen atoms in total. The van der Waals surface area contributed by atoms with Crippen LogP contribution >= 0.6 is 0 Å². The van der Waals surface area contributed by atoms with Crippen LogP contribution < -0.4 is 5.32 Å². The first-order valence-electron chi connectivity index (χ1n) is 6.90. The molecule has 3 aromatic rings. The zero-order chi connectivity index (χ0) is 13.6. The molecule has 3 rings (SSSR count). The number of quaternary nitrogens is 1. The summed E-state index contributed by atoms with van der Waals surface area (Å²) in [5, 5.41) is 2.25. The Morgan fingerprint density at radius 3 is 2.15 bits per heavy atom. The van der Waals surface area contributed by atoms with E-state index in [-0.39, 0.29) is 0 Å². The quantitative estimate of drug-likeness (QED) is 0.753. The Morgan fingerprint density at radius 1 is 0.700 bits per heavy atom. The number of hydrogen-bond donors (Lipinski definition) is 1. The third kappa shape index (κ3) is 3.16. The van der Waals surface area contributed by atoms with E-state index >= 15 is 0 Å². The molecule has 100 valence electrons. The fourth-order valence-corrected chi connectivity index (χ4v) is 2.27. The highest BCUT2D eigenvalue weighted by Gasteiger charge is 2.01. The minimum Gasteiger partial charge on any atom is -0.463 e. The smallest absolute Gasteiger partial charge is 0.157 e. The third-order valence-corrected chi connectivity index (χ3v) is 3.37. The zero-order valence-electron chi connectivity index (χ0n) is 11.3. The predicted molar refractivity (Wildman–Crippen MR) is 79.9 cm³/mol. The van der Waals surface area contributed by atoms with Crippen molar-refractivity contribution in [1.29, 1.82) is 0 Å². The minimum absolute atomic E-state index is 0.882. The van der Waals surface area contributed by atoms with E-state index in [1.807, 2.05) is 18.2 Å². The Morgan fingerprint density at radius 2 is 1.45 bits per heavy atom. The van der Waals surface area contributed by atoms with Gasteiger partial charge >= 0.3 is 0 Å². The fraction of sp³-hybridized carbons (Fsp3) is 0.111. The summed E-state index contributed by atoms with van der Waals surface area (Å²) in [7, 11) is 0. The lowest BCUT2D eigenvalue weighted by Crippen LogP contribution is -2.80. The van der Waals surface area contributed by atoms with Crippen molar-refractivity contribution < 1.29 is 9.73 Å². The minimum atomic E-state index is 0.882. The number of benzene rings is 2. The largest absolute Gasteiger partial charge is 0.463 e. The van der Waals surface area contributed by atoms with Gasteiger partial charge in [0.15, 0.2) is 5.76 Å². The van der Waals surface area contributed by atoms with Crippen molar-refractivity contribution in [2.45, 2.75) is 13.1 Å². The van der Waals surface area contributed by atoms with Crippen molar-refractivity contribution in [3.8, 4) is 11.1 Å². The first-order valence-corrected chi connectivity index (χ1v) is 6.90. The van der Waals surface area contributed by atoms with Gasteiger partial charge in [-0.3, -0.25) is 0 Å². The van der Waals surface area contributed by atoms with Crippen molar-refractivity contribution in [2.24, 2.45) is 0 Å². The molecule has 2 N–H and O–H groups in total. The van der Waals surface area contributed by atoms with Crippen LogP contribution in [0.4, 0.5) is 0 Å². The molecular weight excluding hydrogens is 246 g/mol. The molecule has 0 fully saturated rings. The van der Waals surface area contributed by atoms with Gasteiger partial charge in [0.2, 0.25) is 0 Å². The summed E-state index contributed by atoms with van der Waals surface area (Å²) in [4.78, 5) is 0. The van der Waals surface area contributed by atoms with E-state index in [4.69, 9.17) is 4.42 Å². The molecule has 0 aliphatic carbocycles. The summed E-state index contributed by atoms with van der Waals surface area (Å²) in [5.74, 6) is 1.02. The Hall–Kier alpha value is -2.32. The van der Waals surface area contributed by atoms with Crippen molar-refractivity contribution in [2.75, 3.05) is 0 Å². The Balaban J connectivity index is 1.59. The lowest BCUT2D eigenvalue weighted by molar-refractivity contribution is -0.687. The highest BCUT2D eigenvalue weighted by molar-refractivity contribution is 5.63. The molecule has 0 bridgehead atoms. The van der Waals surface area contributed by atoms with Crippen LogP contribution in [0.5, 0.6) is 0 Å². The van der Waals surface area contributed by atoms with E-state index < -0.39 is 0 Å². The lowest BCUT2D eigenvalue weighted by Gasteiger charge is -2.04. The van der Waals surface area contributed by atoms with Gasteiger partial charge in [-0.1, -0.05) is 54.6 Å². The van der Waals surface area contributed by atoms with Gasteiger partial charge in [0, 0.05) is 5.56 Å². The Bertz CT molecular complexity index is 627. The average Bonchev–Trinajstić information content (AvgIpc) is 3.02. The van der Waals surface area contributed by atoms with Gasteiger partial charge in [0.25, 0.3) is 0 Å². The summed E-state index contributed by atoms with van der Waals surface area (Å²) in [6.07, 6.45) is 1.72. The molecule has 1 aromatic heterocycles. The maximum atomic E-state index is 5.32. The fourth-order valence-electron chi connectivity index (χ4n) is 2.27. The molecule has 0 atom stereocenters. The zero-order valence-corrected chi connectivity index (χ0v) is 11.3. The number of furan rings is 1. The average molecular weight is 264 g/mol. The molecule has 2 aromatic carbocycles. The number of hydrogen-bond acceptors (Lipinski definition) is 1. The molecule has 2 heteroatoms. The van der Waals surface area contributed by atoms with Gasteiger partial charge in [-0.15, -0.1) is 0 Å². The topological polar surface area (TPSA) is 29.8 Å². The van der Waals surface area contributed by atoms with Crippen LogP contribution in [0.3, 0.4) is 0 Å². The normalized spacial score (nSPS) is 10.6. The molecule has 0 spiro atoms. The van der Waals surface area contributed by atoms with Crippen molar-refractivity contribution >= 4 is 0 Å². The van der Waals surface area contributed by atoms with Crippen molar-refractivity contribution in [3.63, 3.8) is 0 Å². The van der Waals surface area contributed by atoms with Crippen molar-refractivity contribution in [3.05, 3.63) is 84.3 Å².